The molecule has 31 heavy (non-hydrogen) atoms. The van der Waals surface area contributed by atoms with E-state index in [2.05, 4.69) is 27.7 Å². The first-order valence-corrected chi connectivity index (χ1v) is 13.1. The van der Waals surface area contributed by atoms with Crippen LogP contribution in [0.2, 0.25) is 0 Å². The Balaban J connectivity index is 1.58. The Morgan fingerprint density at radius 3 is 2.39 bits per heavy atom. The second-order valence-corrected chi connectivity index (χ2v) is 12.2. The van der Waals surface area contributed by atoms with Gasteiger partial charge in [-0.05, 0) is 104 Å². The molecule has 0 radical (unpaired) electrons. The standard InChI is InChI=1S/C27H46O4/c1-6-18-22-15-17(28)11-13-27(22,4)21-12-14-26(3)19(16(2)7-10-23(29)31-5)8-9-20(26)24(21)25(18)30/h16-22,24-25,28,30H,6-15H2,1-5H3/t16?,17-,18-,19?,20+,21+,22?,24+,25-,26?,27?/m1/s1. The number of carbonyl (C=O) groups excluding carboxylic acids is 1. The summed E-state index contributed by atoms with van der Waals surface area (Å²) in [7, 11) is 1.48. The van der Waals surface area contributed by atoms with Gasteiger partial charge in [0.25, 0.3) is 0 Å². The number of carbonyl (C=O) groups is 1. The minimum atomic E-state index is -0.230. The first kappa shape index (κ1) is 23.5. The van der Waals surface area contributed by atoms with Crippen LogP contribution in [0.3, 0.4) is 0 Å². The lowest BCUT2D eigenvalue weighted by atomic mass is 9.41. The second-order valence-electron chi connectivity index (χ2n) is 12.2. The van der Waals surface area contributed by atoms with E-state index in [4.69, 9.17) is 4.74 Å². The highest BCUT2D eigenvalue weighted by atomic mass is 16.5. The van der Waals surface area contributed by atoms with Crippen molar-refractivity contribution in [1.29, 1.82) is 0 Å². The molecule has 4 aliphatic carbocycles. The minimum Gasteiger partial charge on any atom is -0.469 e. The van der Waals surface area contributed by atoms with Crippen LogP contribution in [0.5, 0.6) is 0 Å². The molecule has 0 aromatic rings. The number of ether oxygens (including phenoxy) is 1. The molecular formula is C27H46O4. The van der Waals surface area contributed by atoms with E-state index in [0.29, 0.717) is 47.8 Å². The molecular weight excluding hydrogens is 388 g/mol. The topological polar surface area (TPSA) is 66.8 Å². The van der Waals surface area contributed by atoms with Gasteiger partial charge in [-0.1, -0.05) is 34.1 Å². The van der Waals surface area contributed by atoms with Crippen molar-refractivity contribution in [1.82, 2.24) is 0 Å². The lowest BCUT2D eigenvalue weighted by molar-refractivity contribution is -0.203. The fourth-order valence-electron chi connectivity index (χ4n) is 9.58. The summed E-state index contributed by atoms with van der Waals surface area (Å²) in [5.41, 5.74) is 0.535. The summed E-state index contributed by atoms with van der Waals surface area (Å²) >= 11 is 0. The van der Waals surface area contributed by atoms with Crippen LogP contribution in [0.15, 0.2) is 0 Å². The summed E-state index contributed by atoms with van der Waals surface area (Å²) in [4.78, 5) is 11.7. The van der Waals surface area contributed by atoms with Crippen molar-refractivity contribution in [3.05, 3.63) is 0 Å². The lowest BCUT2D eigenvalue weighted by Gasteiger charge is -2.64. The van der Waals surface area contributed by atoms with Crippen molar-refractivity contribution in [2.45, 2.75) is 104 Å². The molecule has 178 valence electrons. The molecule has 4 fully saturated rings. The maximum absolute atomic E-state index is 11.8. The highest BCUT2D eigenvalue weighted by Crippen LogP contribution is 2.69. The SMILES string of the molecule is CC[C@@H]1C2C[C@H](O)CCC2(C)[C@H]2CCC3(C)C(C(C)CCC(=O)OC)CC[C@H]3[C@@H]2[C@@H]1O. The van der Waals surface area contributed by atoms with Gasteiger partial charge >= 0.3 is 5.97 Å². The molecule has 0 amide bonds. The number of rotatable bonds is 5. The van der Waals surface area contributed by atoms with Gasteiger partial charge in [0.1, 0.15) is 0 Å². The van der Waals surface area contributed by atoms with E-state index in [0.717, 1.165) is 32.1 Å². The zero-order valence-electron chi connectivity index (χ0n) is 20.5. The van der Waals surface area contributed by atoms with E-state index >= 15 is 0 Å². The Morgan fingerprint density at radius 1 is 1.03 bits per heavy atom. The average molecular weight is 435 g/mol. The first-order valence-electron chi connectivity index (χ1n) is 13.1. The Hall–Kier alpha value is -0.610. The van der Waals surface area contributed by atoms with Crippen LogP contribution in [0.4, 0.5) is 0 Å². The second kappa shape index (κ2) is 8.63. The predicted molar refractivity (Wildman–Crippen MR) is 122 cm³/mol. The zero-order chi connectivity index (χ0) is 22.6. The highest BCUT2D eigenvalue weighted by Gasteiger charge is 2.64. The molecule has 0 heterocycles. The van der Waals surface area contributed by atoms with Gasteiger partial charge in [-0.25, -0.2) is 0 Å². The smallest absolute Gasteiger partial charge is 0.305 e. The zero-order valence-corrected chi connectivity index (χ0v) is 20.5. The average Bonchev–Trinajstić information content (AvgIpc) is 3.10. The van der Waals surface area contributed by atoms with Gasteiger partial charge in [-0.15, -0.1) is 0 Å². The Morgan fingerprint density at radius 2 is 1.71 bits per heavy atom. The van der Waals surface area contributed by atoms with Gasteiger partial charge in [0.05, 0.1) is 19.3 Å². The van der Waals surface area contributed by atoms with Crippen LogP contribution < -0.4 is 0 Å². The number of hydrogen-bond donors (Lipinski definition) is 2. The van der Waals surface area contributed by atoms with E-state index in [1.807, 2.05) is 0 Å². The molecule has 4 rings (SSSR count). The van der Waals surface area contributed by atoms with Crippen molar-refractivity contribution in [2.75, 3.05) is 7.11 Å². The van der Waals surface area contributed by atoms with E-state index in [1.165, 1.54) is 32.8 Å². The molecule has 4 nitrogen and oxygen atoms in total. The van der Waals surface area contributed by atoms with Gasteiger partial charge in [0.2, 0.25) is 0 Å². The van der Waals surface area contributed by atoms with Crippen LogP contribution >= 0.6 is 0 Å². The number of esters is 1. The summed E-state index contributed by atoms with van der Waals surface area (Å²) in [6.45, 7) is 9.58. The minimum absolute atomic E-state index is 0.0952. The third-order valence-electron chi connectivity index (χ3n) is 11.2. The third-order valence-corrected chi connectivity index (χ3v) is 11.2. The molecule has 4 aliphatic rings. The monoisotopic (exact) mass is 434 g/mol. The van der Waals surface area contributed by atoms with E-state index in [1.54, 1.807) is 0 Å². The van der Waals surface area contributed by atoms with Crippen LogP contribution in [0.25, 0.3) is 0 Å². The molecule has 0 aliphatic heterocycles. The summed E-state index contributed by atoms with van der Waals surface area (Å²) in [5, 5.41) is 22.2. The van der Waals surface area contributed by atoms with Crippen molar-refractivity contribution >= 4 is 5.97 Å². The molecule has 2 N–H and O–H groups in total. The Labute approximate surface area is 189 Å². The van der Waals surface area contributed by atoms with Crippen LogP contribution in [-0.2, 0) is 9.53 Å². The van der Waals surface area contributed by atoms with Crippen LogP contribution in [0, 0.1) is 52.3 Å². The Kier molecular flexibility index (Phi) is 6.55. The maximum Gasteiger partial charge on any atom is 0.305 e. The fraction of sp³-hybridized carbons (Fsp3) is 0.963. The molecule has 0 aromatic heterocycles. The quantitative estimate of drug-likeness (QED) is 0.584. The molecule has 4 heteroatoms. The normalized spacial score (nSPS) is 50.2. The molecule has 0 aromatic carbocycles. The highest BCUT2D eigenvalue weighted by molar-refractivity contribution is 5.69. The number of hydrogen-bond acceptors (Lipinski definition) is 4. The predicted octanol–water partition coefficient (Wildman–Crippen LogP) is 5.20. The molecule has 0 bridgehead atoms. The Bertz CT molecular complexity index is 664. The number of aliphatic hydroxyl groups is 2. The molecule has 11 atom stereocenters. The third kappa shape index (κ3) is 3.68. The lowest BCUT2D eigenvalue weighted by Crippen LogP contribution is -2.62. The largest absolute Gasteiger partial charge is 0.469 e. The van der Waals surface area contributed by atoms with Crippen molar-refractivity contribution in [2.24, 2.45) is 52.3 Å². The van der Waals surface area contributed by atoms with Gasteiger partial charge < -0.3 is 14.9 Å². The van der Waals surface area contributed by atoms with Crippen molar-refractivity contribution < 1.29 is 19.7 Å². The van der Waals surface area contributed by atoms with Gasteiger partial charge in [-0.2, -0.15) is 0 Å². The number of fused-ring (bicyclic) bond motifs is 5. The fourth-order valence-corrected chi connectivity index (χ4v) is 9.58. The molecule has 4 saturated carbocycles. The number of aliphatic hydroxyl groups excluding tert-OH is 2. The van der Waals surface area contributed by atoms with E-state index in [-0.39, 0.29) is 29.0 Å². The summed E-state index contributed by atoms with van der Waals surface area (Å²) in [6, 6.07) is 0. The molecule has 5 unspecified atom stereocenters. The van der Waals surface area contributed by atoms with Crippen molar-refractivity contribution in [3.8, 4) is 0 Å². The van der Waals surface area contributed by atoms with Gasteiger partial charge in [0.15, 0.2) is 0 Å². The molecule has 0 spiro atoms. The summed E-state index contributed by atoms with van der Waals surface area (Å²) in [6.07, 6.45) is 9.87. The van der Waals surface area contributed by atoms with Crippen LogP contribution in [0.1, 0.15) is 91.9 Å². The summed E-state index contributed by atoms with van der Waals surface area (Å²) < 4.78 is 4.88. The number of methoxy groups -OCH3 is 1. The maximum atomic E-state index is 11.8. The molecule has 0 saturated heterocycles. The van der Waals surface area contributed by atoms with E-state index in [9.17, 15) is 15.0 Å². The van der Waals surface area contributed by atoms with E-state index < -0.39 is 0 Å². The van der Waals surface area contributed by atoms with Crippen molar-refractivity contribution in [3.63, 3.8) is 0 Å². The first-order chi connectivity index (χ1) is 14.7. The van der Waals surface area contributed by atoms with Gasteiger partial charge in [0, 0.05) is 6.42 Å². The van der Waals surface area contributed by atoms with Gasteiger partial charge in [-0.3, -0.25) is 4.79 Å². The summed E-state index contributed by atoms with van der Waals surface area (Å²) in [5.74, 6) is 3.41. The van der Waals surface area contributed by atoms with Crippen LogP contribution in [-0.4, -0.2) is 35.5 Å².